The maximum atomic E-state index is 14.5. The predicted octanol–water partition coefficient (Wildman–Crippen LogP) is 3.16. The van der Waals surface area contributed by atoms with Crippen molar-refractivity contribution in [3.8, 4) is 11.5 Å². The van der Waals surface area contributed by atoms with Gasteiger partial charge in [-0.2, -0.15) is 0 Å². The summed E-state index contributed by atoms with van der Waals surface area (Å²) in [7, 11) is 0. The lowest BCUT2D eigenvalue weighted by molar-refractivity contribution is -0.131. The lowest BCUT2D eigenvalue weighted by atomic mass is 10.1. The zero-order valence-electron chi connectivity index (χ0n) is 15.6. The minimum Gasteiger partial charge on any atom is -0.454 e. The summed E-state index contributed by atoms with van der Waals surface area (Å²) in [5.74, 6) is -0.372. The summed E-state index contributed by atoms with van der Waals surface area (Å²) in [5, 5.41) is 5.40. The third-order valence-electron chi connectivity index (χ3n) is 4.45. The fraction of sp³-hybridized carbons (Fsp3) is 0.190. The molecule has 2 fully saturated rings. The van der Waals surface area contributed by atoms with E-state index in [1.807, 2.05) is 12.1 Å². The molecule has 0 spiro atoms. The molecule has 0 aromatic heterocycles. The number of amides is 2. The Hall–Kier alpha value is -2.75. The number of carbonyl (C=O) groups excluding carboxylic acids is 2. The van der Waals surface area contributed by atoms with Crippen molar-refractivity contribution in [2.45, 2.75) is 12.5 Å². The molecule has 9 heteroatoms. The Morgan fingerprint density at radius 2 is 2.03 bits per heavy atom. The molecule has 30 heavy (non-hydrogen) atoms. The van der Waals surface area contributed by atoms with Crippen LogP contribution in [0.15, 0.2) is 47.4 Å². The Morgan fingerprint density at radius 3 is 2.70 bits per heavy atom. The number of benzene rings is 2. The van der Waals surface area contributed by atoms with Crippen molar-refractivity contribution in [2.75, 3.05) is 13.2 Å². The van der Waals surface area contributed by atoms with Gasteiger partial charge in [-0.25, -0.2) is 4.39 Å². The van der Waals surface area contributed by atoms with E-state index < -0.39 is 5.82 Å². The maximum Gasteiger partial charge on any atom is 0.263 e. The van der Waals surface area contributed by atoms with Crippen molar-refractivity contribution in [1.82, 2.24) is 10.6 Å². The Kier molecular flexibility index (Phi) is 6.12. The first-order valence-corrected chi connectivity index (χ1v) is 10.4. The number of carbonyl (C=O) groups is 2. The lowest BCUT2D eigenvalue weighted by Crippen LogP contribution is -2.46. The summed E-state index contributed by atoms with van der Waals surface area (Å²) in [5.41, 5.74) is 1.54. The van der Waals surface area contributed by atoms with Crippen LogP contribution in [0.25, 0.3) is 6.08 Å². The molecule has 2 heterocycles. The predicted molar refractivity (Wildman–Crippen MR) is 116 cm³/mol. The van der Waals surface area contributed by atoms with E-state index in [-0.39, 0.29) is 30.2 Å². The van der Waals surface area contributed by atoms with E-state index in [0.29, 0.717) is 33.6 Å². The lowest BCUT2D eigenvalue weighted by Gasteiger charge is -2.23. The van der Waals surface area contributed by atoms with E-state index in [4.69, 9.17) is 21.7 Å². The molecule has 2 aliphatic heterocycles. The van der Waals surface area contributed by atoms with E-state index in [9.17, 15) is 14.0 Å². The standard InChI is InChI=1S/C21H17FN2O4S2/c22-16-8-13(9-18-20(26)24-21(29)30-18)3-6-17(16)28-15-4-1-12(2-5-15)7-14-10-27-11-19(25)23-14/h1-6,8-9,14H,7,10-11H2,(H,23,25)(H,24,26,29). The number of thioether (sulfide) groups is 1. The first kappa shape index (κ1) is 20.5. The van der Waals surface area contributed by atoms with Crippen molar-refractivity contribution >= 4 is 46.2 Å². The van der Waals surface area contributed by atoms with Gasteiger partial charge in [-0.3, -0.25) is 9.59 Å². The van der Waals surface area contributed by atoms with E-state index in [1.165, 1.54) is 12.1 Å². The highest BCUT2D eigenvalue weighted by atomic mass is 32.2. The zero-order valence-corrected chi connectivity index (χ0v) is 17.3. The van der Waals surface area contributed by atoms with Gasteiger partial charge in [0.1, 0.15) is 16.7 Å². The van der Waals surface area contributed by atoms with Crippen LogP contribution in [-0.4, -0.2) is 35.4 Å². The zero-order chi connectivity index (χ0) is 21.1. The molecule has 2 saturated heterocycles. The quantitative estimate of drug-likeness (QED) is 0.545. The van der Waals surface area contributed by atoms with Crippen LogP contribution in [0.4, 0.5) is 4.39 Å². The summed E-state index contributed by atoms with van der Waals surface area (Å²) in [6.07, 6.45) is 2.22. The van der Waals surface area contributed by atoms with Crippen LogP contribution in [0, 0.1) is 5.82 Å². The van der Waals surface area contributed by atoms with Gasteiger partial charge in [0, 0.05) is 0 Å². The Bertz CT molecular complexity index is 1040. The third kappa shape index (κ3) is 5.05. The molecule has 2 N–H and O–H groups in total. The first-order valence-electron chi connectivity index (χ1n) is 9.14. The van der Waals surface area contributed by atoms with Crippen LogP contribution >= 0.6 is 24.0 Å². The van der Waals surface area contributed by atoms with Crippen LogP contribution in [-0.2, 0) is 20.7 Å². The average Bonchev–Trinajstić information content (AvgIpc) is 3.02. The number of halogens is 1. The third-order valence-corrected chi connectivity index (χ3v) is 5.61. The molecule has 154 valence electrons. The molecule has 2 aromatic carbocycles. The molecule has 2 aromatic rings. The largest absolute Gasteiger partial charge is 0.454 e. The number of hydrogen-bond acceptors (Lipinski definition) is 6. The summed E-state index contributed by atoms with van der Waals surface area (Å²) >= 11 is 6.08. The molecule has 2 amide bonds. The first-order chi connectivity index (χ1) is 14.5. The molecule has 0 saturated carbocycles. The van der Waals surface area contributed by atoms with E-state index in [1.54, 1.807) is 24.3 Å². The van der Waals surface area contributed by atoms with Crippen LogP contribution < -0.4 is 15.4 Å². The molecular weight excluding hydrogens is 427 g/mol. The maximum absolute atomic E-state index is 14.5. The smallest absolute Gasteiger partial charge is 0.263 e. The highest BCUT2D eigenvalue weighted by Gasteiger charge is 2.22. The number of morpholine rings is 1. The second-order valence-corrected chi connectivity index (χ2v) is 8.49. The molecule has 1 atom stereocenters. The van der Waals surface area contributed by atoms with Crippen molar-refractivity contribution in [1.29, 1.82) is 0 Å². The van der Waals surface area contributed by atoms with Crippen molar-refractivity contribution in [3.05, 3.63) is 64.3 Å². The van der Waals surface area contributed by atoms with Gasteiger partial charge in [0.2, 0.25) is 5.91 Å². The highest BCUT2D eigenvalue weighted by Crippen LogP contribution is 2.29. The van der Waals surface area contributed by atoms with Gasteiger partial charge in [0.05, 0.1) is 17.6 Å². The fourth-order valence-corrected chi connectivity index (χ4v) is 4.13. The molecule has 0 bridgehead atoms. The molecule has 6 nitrogen and oxygen atoms in total. The Morgan fingerprint density at radius 1 is 1.23 bits per heavy atom. The van der Waals surface area contributed by atoms with Crippen LogP contribution in [0.3, 0.4) is 0 Å². The highest BCUT2D eigenvalue weighted by molar-refractivity contribution is 8.26. The summed E-state index contributed by atoms with van der Waals surface area (Å²) in [6.45, 7) is 0.577. The van der Waals surface area contributed by atoms with Gasteiger partial charge in [-0.05, 0) is 47.9 Å². The van der Waals surface area contributed by atoms with Crippen LogP contribution in [0.5, 0.6) is 11.5 Å². The molecule has 1 unspecified atom stereocenters. The fourth-order valence-electron chi connectivity index (χ4n) is 3.08. The average molecular weight is 445 g/mol. The SMILES string of the molecule is O=C1COCC(Cc2ccc(Oc3ccc(C=C4SC(=S)NC4=O)cc3F)cc2)N1. The number of thiocarbonyl (C=S) groups is 1. The van der Waals surface area contributed by atoms with Gasteiger partial charge in [-0.1, -0.05) is 42.2 Å². The second-order valence-electron chi connectivity index (χ2n) is 6.77. The molecule has 0 aliphatic carbocycles. The topological polar surface area (TPSA) is 76.7 Å². The number of ether oxygens (including phenoxy) is 2. The van der Waals surface area contributed by atoms with Gasteiger partial charge in [0.25, 0.3) is 5.91 Å². The Labute approximate surface area is 181 Å². The minimum atomic E-state index is -0.540. The van der Waals surface area contributed by atoms with Crippen LogP contribution in [0.2, 0.25) is 0 Å². The van der Waals surface area contributed by atoms with Gasteiger partial charge >= 0.3 is 0 Å². The van der Waals surface area contributed by atoms with E-state index >= 15 is 0 Å². The molecule has 0 radical (unpaired) electrons. The number of nitrogens with one attached hydrogen (secondary N) is 2. The van der Waals surface area contributed by atoms with Crippen molar-refractivity contribution in [2.24, 2.45) is 0 Å². The monoisotopic (exact) mass is 444 g/mol. The van der Waals surface area contributed by atoms with Crippen LogP contribution in [0.1, 0.15) is 11.1 Å². The van der Waals surface area contributed by atoms with Gasteiger partial charge < -0.3 is 20.1 Å². The summed E-state index contributed by atoms with van der Waals surface area (Å²) in [6, 6.07) is 11.6. The van der Waals surface area contributed by atoms with E-state index in [0.717, 1.165) is 17.3 Å². The van der Waals surface area contributed by atoms with Gasteiger partial charge in [0.15, 0.2) is 11.6 Å². The summed E-state index contributed by atoms with van der Waals surface area (Å²) in [4.78, 5) is 23.5. The second kappa shape index (κ2) is 8.95. The number of rotatable bonds is 5. The van der Waals surface area contributed by atoms with Crippen molar-refractivity contribution in [3.63, 3.8) is 0 Å². The Balaban J connectivity index is 1.40. The minimum absolute atomic E-state index is 0.0633. The van der Waals surface area contributed by atoms with Crippen molar-refractivity contribution < 1.29 is 23.5 Å². The van der Waals surface area contributed by atoms with Gasteiger partial charge in [-0.15, -0.1) is 0 Å². The molecular formula is C21H17FN2O4S2. The van der Waals surface area contributed by atoms with E-state index in [2.05, 4.69) is 10.6 Å². The normalized spacial score (nSPS) is 20.2. The summed E-state index contributed by atoms with van der Waals surface area (Å²) < 4.78 is 25.7. The number of hydrogen-bond donors (Lipinski definition) is 2. The molecule has 2 aliphatic rings. The molecule has 4 rings (SSSR count).